The summed E-state index contributed by atoms with van der Waals surface area (Å²) in [5, 5.41) is 9.59. The molecule has 0 aliphatic heterocycles. The zero-order valence-electron chi connectivity index (χ0n) is 33.7. The van der Waals surface area contributed by atoms with Crippen LogP contribution >= 0.6 is 0 Å². The molecule has 1 N–H and O–H groups in total. The lowest BCUT2D eigenvalue weighted by atomic mass is 10.1. The van der Waals surface area contributed by atoms with E-state index < -0.39 is 0 Å². The zero-order chi connectivity index (χ0) is 36.4. The molecule has 0 spiro atoms. The quantitative estimate of drug-likeness (QED) is 0.0295. The van der Waals surface area contributed by atoms with E-state index in [9.17, 15) is 9.90 Å². The predicted octanol–water partition coefficient (Wildman–Crippen LogP) is 12.3. The number of allylic oxidation sites excluding steroid dienone is 4. The van der Waals surface area contributed by atoms with Crippen LogP contribution in [0.25, 0.3) is 0 Å². The molecule has 0 aromatic carbocycles. The minimum atomic E-state index is -0.0681. The maximum absolute atomic E-state index is 12.0. The van der Waals surface area contributed by atoms with Crippen molar-refractivity contribution in [2.45, 2.75) is 207 Å². The maximum atomic E-state index is 12.0. The van der Waals surface area contributed by atoms with Crippen molar-refractivity contribution in [3.63, 3.8) is 0 Å². The van der Waals surface area contributed by atoms with Crippen molar-refractivity contribution in [1.82, 2.24) is 4.90 Å². The van der Waals surface area contributed by atoms with Crippen LogP contribution in [0.4, 0.5) is 0 Å². The number of rotatable bonds is 41. The molecule has 0 radical (unpaired) electrons. The Hall–Kier alpha value is -1.21. The van der Waals surface area contributed by atoms with Gasteiger partial charge in [0.2, 0.25) is 0 Å². The van der Waals surface area contributed by atoms with E-state index in [1.807, 2.05) is 0 Å². The van der Waals surface area contributed by atoms with E-state index >= 15 is 0 Å². The molecule has 0 aliphatic rings. The van der Waals surface area contributed by atoms with Crippen LogP contribution in [0.5, 0.6) is 0 Å². The van der Waals surface area contributed by atoms with Gasteiger partial charge in [-0.2, -0.15) is 0 Å². The SMILES string of the molecule is CC/C=C\CCCCCOC(CCCCCCN(CCO)CCCCCCCC(=O)OCCCCCCCCC)OCCCCC/C=C\CC. The summed E-state index contributed by atoms with van der Waals surface area (Å²) in [6.45, 7) is 11.9. The summed E-state index contributed by atoms with van der Waals surface area (Å²) in [4.78, 5) is 14.4. The number of hydrogen-bond donors (Lipinski definition) is 1. The smallest absolute Gasteiger partial charge is 0.305 e. The lowest BCUT2D eigenvalue weighted by Gasteiger charge is -2.21. The zero-order valence-corrected chi connectivity index (χ0v) is 33.7. The van der Waals surface area contributed by atoms with Crippen LogP contribution in [-0.4, -0.2) is 68.3 Å². The standard InChI is InChI=1S/C44H85NO5/c1-4-7-10-13-16-24-31-40-48-43(47)34-27-20-19-22-29-36-45(38-39-46)37-30-23-21-28-35-44(49-41-32-25-17-14-11-8-5-2)50-42-33-26-18-15-12-9-6-3/h8-9,11-12,44,46H,4-7,10,13-42H2,1-3H3/b11-8-,12-9-. The van der Waals surface area contributed by atoms with Crippen molar-refractivity contribution in [2.75, 3.05) is 46.1 Å². The fraction of sp³-hybridized carbons (Fsp3) is 0.886. The summed E-state index contributed by atoms with van der Waals surface area (Å²) in [5.41, 5.74) is 0. The summed E-state index contributed by atoms with van der Waals surface area (Å²) in [6.07, 6.45) is 41.3. The molecule has 50 heavy (non-hydrogen) atoms. The molecule has 0 bridgehead atoms. The van der Waals surface area contributed by atoms with E-state index in [4.69, 9.17) is 14.2 Å². The Kier molecular flexibility index (Phi) is 41.2. The largest absolute Gasteiger partial charge is 0.466 e. The summed E-state index contributed by atoms with van der Waals surface area (Å²) < 4.78 is 17.9. The fourth-order valence-corrected chi connectivity index (χ4v) is 6.22. The van der Waals surface area contributed by atoms with E-state index in [0.717, 1.165) is 103 Å². The van der Waals surface area contributed by atoms with Crippen LogP contribution in [0.2, 0.25) is 0 Å². The highest BCUT2D eigenvalue weighted by Crippen LogP contribution is 2.14. The van der Waals surface area contributed by atoms with Gasteiger partial charge < -0.3 is 24.2 Å². The number of ether oxygens (including phenoxy) is 3. The number of carbonyl (C=O) groups excluding carboxylic acids is 1. The Labute approximate surface area is 311 Å². The molecule has 6 heteroatoms. The maximum Gasteiger partial charge on any atom is 0.305 e. The lowest BCUT2D eigenvalue weighted by Crippen LogP contribution is -2.29. The van der Waals surface area contributed by atoms with E-state index in [0.29, 0.717) is 13.0 Å². The summed E-state index contributed by atoms with van der Waals surface area (Å²) >= 11 is 0. The number of carbonyl (C=O) groups is 1. The first-order valence-corrected chi connectivity index (χ1v) is 21.7. The number of aliphatic hydroxyl groups is 1. The van der Waals surface area contributed by atoms with Gasteiger partial charge >= 0.3 is 5.97 Å². The van der Waals surface area contributed by atoms with Gasteiger partial charge in [-0.05, 0) is 103 Å². The average Bonchev–Trinajstić information content (AvgIpc) is 3.12. The van der Waals surface area contributed by atoms with Crippen LogP contribution in [-0.2, 0) is 19.0 Å². The summed E-state index contributed by atoms with van der Waals surface area (Å²) in [5.74, 6) is -0.0243. The summed E-state index contributed by atoms with van der Waals surface area (Å²) in [7, 11) is 0. The molecule has 0 aliphatic carbocycles. The van der Waals surface area contributed by atoms with Crippen molar-refractivity contribution in [2.24, 2.45) is 0 Å². The Morgan fingerprint density at radius 3 is 1.58 bits per heavy atom. The van der Waals surface area contributed by atoms with Crippen molar-refractivity contribution in [3.8, 4) is 0 Å². The van der Waals surface area contributed by atoms with Gasteiger partial charge in [-0.15, -0.1) is 0 Å². The average molecular weight is 708 g/mol. The number of hydrogen-bond acceptors (Lipinski definition) is 6. The van der Waals surface area contributed by atoms with Crippen LogP contribution in [0.3, 0.4) is 0 Å². The highest BCUT2D eigenvalue weighted by atomic mass is 16.7. The minimum absolute atomic E-state index is 0.0243. The molecule has 0 saturated carbocycles. The topological polar surface area (TPSA) is 68.2 Å². The summed E-state index contributed by atoms with van der Waals surface area (Å²) in [6, 6.07) is 0. The second-order valence-corrected chi connectivity index (χ2v) is 14.3. The van der Waals surface area contributed by atoms with E-state index in [-0.39, 0.29) is 18.9 Å². The Morgan fingerprint density at radius 2 is 1.02 bits per heavy atom. The molecule has 0 fully saturated rings. The van der Waals surface area contributed by atoms with Crippen LogP contribution < -0.4 is 0 Å². The van der Waals surface area contributed by atoms with Gasteiger partial charge in [-0.3, -0.25) is 4.79 Å². The Bertz CT molecular complexity index is 701. The first-order valence-electron chi connectivity index (χ1n) is 21.7. The third-order valence-electron chi connectivity index (χ3n) is 9.39. The molecule has 0 heterocycles. The highest BCUT2D eigenvalue weighted by molar-refractivity contribution is 5.69. The van der Waals surface area contributed by atoms with Gasteiger partial charge in [-0.1, -0.05) is 129 Å². The highest BCUT2D eigenvalue weighted by Gasteiger charge is 2.10. The number of aliphatic hydroxyl groups excluding tert-OH is 1. The molecule has 0 rings (SSSR count). The lowest BCUT2D eigenvalue weighted by molar-refractivity contribution is -0.148. The van der Waals surface area contributed by atoms with Gasteiger partial charge in [0.15, 0.2) is 6.29 Å². The molecular weight excluding hydrogens is 622 g/mol. The number of nitrogens with zero attached hydrogens (tertiary/aromatic N) is 1. The number of unbranched alkanes of at least 4 members (excludes halogenated alkanes) is 19. The normalized spacial score (nSPS) is 12.0. The molecular formula is C44H85NO5. The molecule has 0 amide bonds. The van der Waals surface area contributed by atoms with Crippen LogP contribution in [0.1, 0.15) is 201 Å². The first kappa shape index (κ1) is 48.8. The van der Waals surface area contributed by atoms with E-state index in [1.54, 1.807) is 0 Å². The van der Waals surface area contributed by atoms with Gasteiger partial charge in [0.1, 0.15) is 0 Å². The predicted molar refractivity (Wildman–Crippen MR) is 215 cm³/mol. The van der Waals surface area contributed by atoms with Crippen LogP contribution in [0, 0.1) is 0 Å². The monoisotopic (exact) mass is 708 g/mol. The third-order valence-corrected chi connectivity index (χ3v) is 9.39. The number of esters is 1. The van der Waals surface area contributed by atoms with Gasteiger partial charge in [0.25, 0.3) is 0 Å². The second-order valence-electron chi connectivity index (χ2n) is 14.3. The first-order chi connectivity index (χ1) is 24.7. The van der Waals surface area contributed by atoms with Gasteiger partial charge in [0, 0.05) is 26.2 Å². The van der Waals surface area contributed by atoms with Gasteiger partial charge in [0.05, 0.1) is 13.2 Å². The van der Waals surface area contributed by atoms with E-state index in [2.05, 4.69) is 50.0 Å². The van der Waals surface area contributed by atoms with Crippen molar-refractivity contribution >= 4 is 5.97 Å². The molecule has 0 atom stereocenters. The Balaban J connectivity index is 4.04. The minimum Gasteiger partial charge on any atom is -0.466 e. The molecule has 0 saturated heterocycles. The van der Waals surface area contributed by atoms with Crippen molar-refractivity contribution < 1.29 is 24.1 Å². The van der Waals surface area contributed by atoms with Gasteiger partial charge in [-0.25, -0.2) is 0 Å². The molecule has 6 nitrogen and oxygen atoms in total. The van der Waals surface area contributed by atoms with Crippen LogP contribution in [0.15, 0.2) is 24.3 Å². The fourth-order valence-electron chi connectivity index (χ4n) is 6.22. The van der Waals surface area contributed by atoms with Crippen molar-refractivity contribution in [3.05, 3.63) is 24.3 Å². The second kappa shape index (κ2) is 42.2. The van der Waals surface area contributed by atoms with E-state index in [1.165, 1.54) is 103 Å². The molecule has 0 aromatic rings. The molecule has 0 aromatic heterocycles. The molecule has 296 valence electrons. The Morgan fingerprint density at radius 1 is 0.540 bits per heavy atom. The third kappa shape index (κ3) is 38.0. The van der Waals surface area contributed by atoms with Crippen molar-refractivity contribution in [1.29, 1.82) is 0 Å². The molecule has 0 unspecified atom stereocenters.